The molecule has 0 radical (unpaired) electrons. The van der Waals surface area contributed by atoms with Crippen molar-refractivity contribution in [3.05, 3.63) is 96.2 Å². The number of amides is 1. The minimum absolute atomic E-state index is 0.144. The maximum Gasteiger partial charge on any atom is 0.227 e. The van der Waals surface area contributed by atoms with E-state index in [2.05, 4.69) is 26.7 Å². The van der Waals surface area contributed by atoms with Crippen LogP contribution in [-0.2, 0) is 11.4 Å². The smallest absolute Gasteiger partial charge is 0.227 e. The summed E-state index contributed by atoms with van der Waals surface area (Å²) in [6, 6.07) is 26.4. The molecule has 1 heterocycles. The van der Waals surface area contributed by atoms with E-state index in [9.17, 15) is 10.1 Å². The molecule has 0 fully saturated rings. The van der Waals surface area contributed by atoms with Crippen molar-refractivity contribution in [1.82, 2.24) is 9.97 Å². The van der Waals surface area contributed by atoms with Gasteiger partial charge in [-0.25, -0.2) is 9.97 Å². The maximum atomic E-state index is 11.3. The SMILES string of the molecule is CC(=O)Nc1cccc(Nc2nccc(-c3ccc(OCc4ccccc4)c(C#N)c3)n2)c1. The molecule has 4 rings (SSSR count). The van der Waals surface area contributed by atoms with Gasteiger partial charge in [-0.1, -0.05) is 36.4 Å². The average molecular weight is 435 g/mol. The van der Waals surface area contributed by atoms with E-state index in [4.69, 9.17) is 4.74 Å². The number of carbonyl (C=O) groups is 1. The van der Waals surface area contributed by atoms with E-state index in [1.807, 2.05) is 48.5 Å². The Kier molecular flexibility index (Phi) is 6.57. The van der Waals surface area contributed by atoms with Crippen LogP contribution in [0.1, 0.15) is 18.1 Å². The van der Waals surface area contributed by atoms with Gasteiger partial charge in [0, 0.05) is 30.1 Å². The predicted octanol–water partition coefficient (Wildman–Crippen LogP) is 5.30. The largest absolute Gasteiger partial charge is 0.488 e. The van der Waals surface area contributed by atoms with Gasteiger partial charge in [-0.05, 0) is 48.0 Å². The van der Waals surface area contributed by atoms with Crippen molar-refractivity contribution in [2.75, 3.05) is 10.6 Å². The van der Waals surface area contributed by atoms with E-state index in [1.54, 1.807) is 36.5 Å². The first kappa shape index (κ1) is 21.5. The molecule has 1 amide bonds. The van der Waals surface area contributed by atoms with Crippen molar-refractivity contribution in [1.29, 1.82) is 5.26 Å². The second kappa shape index (κ2) is 10.1. The highest BCUT2D eigenvalue weighted by Crippen LogP contribution is 2.27. The lowest BCUT2D eigenvalue weighted by atomic mass is 10.1. The fourth-order valence-corrected chi connectivity index (χ4v) is 3.22. The van der Waals surface area contributed by atoms with Gasteiger partial charge in [0.25, 0.3) is 0 Å². The number of aromatic nitrogens is 2. The molecule has 0 unspecified atom stereocenters. The van der Waals surface area contributed by atoms with Gasteiger partial charge < -0.3 is 15.4 Å². The molecule has 1 aromatic heterocycles. The Morgan fingerprint density at radius 2 is 1.82 bits per heavy atom. The summed E-state index contributed by atoms with van der Waals surface area (Å²) in [7, 11) is 0. The molecular weight excluding hydrogens is 414 g/mol. The molecule has 0 aliphatic rings. The molecule has 0 aliphatic carbocycles. The normalized spacial score (nSPS) is 10.2. The highest BCUT2D eigenvalue weighted by atomic mass is 16.5. The van der Waals surface area contributed by atoms with E-state index in [0.29, 0.717) is 35.2 Å². The summed E-state index contributed by atoms with van der Waals surface area (Å²) in [6.45, 7) is 1.84. The molecule has 0 bridgehead atoms. The zero-order chi connectivity index (χ0) is 23.0. The van der Waals surface area contributed by atoms with Crippen molar-refractivity contribution < 1.29 is 9.53 Å². The molecule has 7 nitrogen and oxygen atoms in total. The lowest BCUT2D eigenvalue weighted by Gasteiger charge is -2.11. The molecule has 0 atom stereocenters. The van der Waals surface area contributed by atoms with Crippen LogP contribution in [-0.4, -0.2) is 15.9 Å². The highest BCUT2D eigenvalue weighted by molar-refractivity contribution is 5.89. The highest BCUT2D eigenvalue weighted by Gasteiger charge is 2.09. The average Bonchev–Trinajstić information content (AvgIpc) is 2.83. The van der Waals surface area contributed by atoms with E-state index >= 15 is 0 Å². The first-order valence-electron chi connectivity index (χ1n) is 10.3. The Morgan fingerprint density at radius 1 is 1.00 bits per heavy atom. The zero-order valence-corrected chi connectivity index (χ0v) is 17.9. The van der Waals surface area contributed by atoms with Gasteiger partial charge in [0.15, 0.2) is 0 Å². The Morgan fingerprint density at radius 3 is 2.61 bits per heavy atom. The molecule has 7 heteroatoms. The number of hydrogen-bond acceptors (Lipinski definition) is 6. The number of nitrogens with zero attached hydrogens (tertiary/aromatic N) is 3. The summed E-state index contributed by atoms with van der Waals surface area (Å²) >= 11 is 0. The van der Waals surface area contributed by atoms with Crippen LogP contribution in [0.5, 0.6) is 5.75 Å². The minimum Gasteiger partial charge on any atom is -0.488 e. The molecular formula is C26H21N5O2. The quantitative estimate of drug-likeness (QED) is 0.409. The Labute approximate surface area is 191 Å². The molecule has 0 spiro atoms. The van der Waals surface area contributed by atoms with Crippen molar-refractivity contribution in [3.8, 4) is 23.1 Å². The molecule has 0 saturated carbocycles. The van der Waals surface area contributed by atoms with Crippen LogP contribution >= 0.6 is 0 Å². The minimum atomic E-state index is -0.144. The van der Waals surface area contributed by atoms with Crippen molar-refractivity contribution in [2.24, 2.45) is 0 Å². The van der Waals surface area contributed by atoms with Gasteiger partial charge in [-0.2, -0.15) is 5.26 Å². The molecule has 4 aromatic rings. The van der Waals surface area contributed by atoms with E-state index in [1.165, 1.54) is 6.92 Å². The number of benzene rings is 3. The fourth-order valence-electron chi connectivity index (χ4n) is 3.22. The summed E-state index contributed by atoms with van der Waals surface area (Å²) < 4.78 is 5.85. The molecule has 3 aromatic carbocycles. The van der Waals surface area contributed by atoms with Gasteiger partial charge in [0.05, 0.1) is 11.3 Å². The van der Waals surface area contributed by atoms with Crippen LogP contribution in [0.4, 0.5) is 17.3 Å². The molecule has 33 heavy (non-hydrogen) atoms. The third-order valence-corrected chi connectivity index (χ3v) is 4.73. The monoisotopic (exact) mass is 435 g/mol. The standard InChI is InChI=1S/C26H21N5O2/c1-18(32)29-22-8-5-9-23(15-22)30-26-28-13-12-24(31-26)20-10-11-25(21(14-20)16-27)33-17-19-6-3-2-4-7-19/h2-15H,17H2,1H3,(H,29,32)(H,28,30,31). The number of nitrogens with one attached hydrogen (secondary N) is 2. The maximum absolute atomic E-state index is 11.3. The fraction of sp³-hybridized carbons (Fsp3) is 0.0769. The van der Waals surface area contributed by atoms with E-state index in [-0.39, 0.29) is 5.91 Å². The molecule has 0 saturated heterocycles. The summed E-state index contributed by atoms with van der Waals surface area (Å²) in [4.78, 5) is 20.1. The van der Waals surface area contributed by atoms with Crippen LogP contribution in [0, 0.1) is 11.3 Å². The molecule has 2 N–H and O–H groups in total. The number of nitriles is 1. The predicted molar refractivity (Wildman–Crippen MR) is 127 cm³/mol. The molecule has 162 valence electrons. The second-order valence-corrected chi connectivity index (χ2v) is 7.25. The number of ether oxygens (including phenoxy) is 1. The first-order chi connectivity index (χ1) is 16.1. The van der Waals surface area contributed by atoms with Crippen molar-refractivity contribution in [3.63, 3.8) is 0 Å². The van der Waals surface area contributed by atoms with Gasteiger partial charge in [0.2, 0.25) is 11.9 Å². The number of rotatable bonds is 7. The summed E-state index contributed by atoms with van der Waals surface area (Å²) in [5, 5.41) is 15.5. The molecule has 0 aliphatic heterocycles. The van der Waals surface area contributed by atoms with Crippen LogP contribution in [0.25, 0.3) is 11.3 Å². The third kappa shape index (κ3) is 5.71. The topological polar surface area (TPSA) is 99.9 Å². The van der Waals surface area contributed by atoms with Gasteiger partial charge in [-0.15, -0.1) is 0 Å². The number of anilines is 3. The Balaban J connectivity index is 1.52. The summed E-state index contributed by atoms with van der Waals surface area (Å²) in [5.41, 5.74) is 4.31. The van der Waals surface area contributed by atoms with Crippen molar-refractivity contribution >= 4 is 23.2 Å². The van der Waals surface area contributed by atoms with E-state index < -0.39 is 0 Å². The summed E-state index contributed by atoms with van der Waals surface area (Å²) in [6.07, 6.45) is 1.65. The second-order valence-electron chi connectivity index (χ2n) is 7.25. The number of carbonyl (C=O) groups excluding carboxylic acids is 1. The van der Waals surface area contributed by atoms with Crippen LogP contribution in [0.15, 0.2) is 85.1 Å². The zero-order valence-electron chi connectivity index (χ0n) is 17.9. The summed E-state index contributed by atoms with van der Waals surface area (Å²) in [5.74, 6) is 0.776. The third-order valence-electron chi connectivity index (χ3n) is 4.73. The van der Waals surface area contributed by atoms with E-state index in [0.717, 1.165) is 16.8 Å². The number of hydrogen-bond donors (Lipinski definition) is 2. The lowest BCUT2D eigenvalue weighted by Crippen LogP contribution is -2.06. The van der Waals surface area contributed by atoms with Gasteiger partial charge in [0.1, 0.15) is 18.4 Å². The Hall–Kier alpha value is -4.70. The lowest BCUT2D eigenvalue weighted by molar-refractivity contribution is -0.114. The van der Waals surface area contributed by atoms with Crippen LogP contribution in [0.3, 0.4) is 0 Å². The van der Waals surface area contributed by atoms with Crippen LogP contribution < -0.4 is 15.4 Å². The van der Waals surface area contributed by atoms with Gasteiger partial charge in [-0.3, -0.25) is 4.79 Å². The first-order valence-corrected chi connectivity index (χ1v) is 10.3. The van der Waals surface area contributed by atoms with Crippen LogP contribution in [0.2, 0.25) is 0 Å². The van der Waals surface area contributed by atoms with Crippen molar-refractivity contribution in [2.45, 2.75) is 13.5 Å². The Bertz CT molecular complexity index is 1320. The van der Waals surface area contributed by atoms with Gasteiger partial charge >= 0.3 is 0 Å².